The lowest BCUT2D eigenvalue weighted by molar-refractivity contribution is 0.660. The highest BCUT2D eigenvalue weighted by molar-refractivity contribution is 6.11. The summed E-state index contributed by atoms with van der Waals surface area (Å²) in [7, 11) is 0. The third-order valence-corrected chi connectivity index (χ3v) is 16.3. The Labute approximate surface area is 419 Å². The standard InChI is InChI=1S/C70H47NO/c1-69(2)61-26-11-6-19-51(61)55-39-37-49(43-66(55)69)71(47-34-31-45(32-35-47)44-17-4-3-5-18-44)48-36-38-50(57-24-16-25-58-56-23-10-15-30-67(56)72-68(57)58)59(42-48)46-33-40-65-60(41-46)54-22-9-14-29-64(54)70(65)62-27-12-7-20-52(62)53-21-8-13-28-63(53)70/h3-43H,1-2H3. The lowest BCUT2D eigenvalue weighted by Crippen LogP contribution is -2.25. The summed E-state index contributed by atoms with van der Waals surface area (Å²) >= 11 is 0. The molecule has 0 aliphatic heterocycles. The van der Waals surface area contributed by atoms with Crippen molar-refractivity contribution in [3.8, 4) is 66.8 Å². The number of furan rings is 1. The van der Waals surface area contributed by atoms with Crippen LogP contribution in [0.1, 0.15) is 47.2 Å². The predicted molar refractivity (Wildman–Crippen MR) is 299 cm³/mol. The zero-order chi connectivity index (χ0) is 47.7. The fourth-order valence-corrected chi connectivity index (χ4v) is 13.1. The van der Waals surface area contributed by atoms with Crippen LogP contribution in [0.2, 0.25) is 0 Å². The summed E-state index contributed by atoms with van der Waals surface area (Å²) in [5.74, 6) is 0. The number of nitrogens with zero attached hydrogens (tertiary/aromatic N) is 1. The molecule has 11 aromatic carbocycles. The molecule has 0 saturated heterocycles. The van der Waals surface area contributed by atoms with Crippen LogP contribution in [0.5, 0.6) is 0 Å². The Morgan fingerprint density at radius 1 is 0.292 bits per heavy atom. The van der Waals surface area contributed by atoms with Crippen molar-refractivity contribution in [2.75, 3.05) is 4.90 Å². The number of hydrogen-bond donors (Lipinski definition) is 0. The molecule has 3 aliphatic rings. The van der Waals surface area contributed by atoms with Gasteiger partial charge in [-0.1, -0.05) is 214 Å². The van der Waals surface area contributed by atoms with Crippen LogP contribution >= 0.6 is 0 Å². The second kappa shape index (κ2) is 15.3. The van der Waals surface area contributed by atoms with Gasteiger partial charge < -0.3 is 9.32 Å². The summed E-state index contributed by atoms with van der Waals surface area (Å²) in [5, 5.41) is 2.24. The zero-order valence-corrected chi connectivity index (χ0v) is 40.0. The maximum atomic E-state index is 6.82. The third kappa shape index (κ3) is 5.66. The minimum atomic E-state index is -0.425. The SMILES string of the molecule is CC1(C)c2ccccc2-c2ccc(N(c3ccc(-c4ccccc4)cc3)c3ccc(-c4cccc5c4oc4ccccc45)c(-c4ccc5c(c4)-c4ccccc4C54c5ccccc5-c5ccccc54)c3)cc21. The minimum absolute atomic E-state index is 0.163. The Balaban J connectivity index is 0.975. The van der Waals surface area contributed by atoms with E-state index in [-0.39, 0.29) is 5.41 Å². The van der Waals surface area contributed by atoms with Gasteiger partial charge in [0.25, 0.3) is 0 Å². The first kappa shape index (κ1) is 40.9. The Morgan fingerprint density at radius 2 is 0.778 bits per heavy atom. The first-order valence-corrected chi connectivity index (χ1v) is 25.2. The predicted octanol–water partition coefficient (Wildman–Crippen LogP) is 18.7. The molecule has 338 valence electrons. The second-order valence-corrected chi connectivity index (χ2v) is 20.3. The van der Waals surface area contributed by atoms with E-state index in [1.165, 1.54) is 77.9 Å². The molecule has 0 amide bonds. The van der Waals surface area contributed by atoms with Crippen LogP contribution in [0.3, 0.4) is 0 Å². The maximum Gasteiger partial charge on any atom is 0.143 e. The molecular weight excluding hydrogens is 871 g/mol. The average molecular weight is 918 g/mol. The smallest absolute Gasteiger partial charge is 0.143 e. The van der Waals surface area contributed by atoms with Gasteiger partial charge in [0, 0.05) is 38.8 Å². The van der Waals surface area contributed by atoms with Crippen LogP contribution in [-0.2, 0) is 10.8 Å². The molecule has 3 aliphatic carbocycles. The Hall–Kier alpha value is -8.98. The van der Waals surface area contributed by atoms with Crippen molar-refractivity contribution in [1.29, 1.82) is 0 Å². The number of benzene rings is 11. The molecule has 72 heavy (non-hydrogen) atoms. The summed E-state index contributed by atoms with van der Waals surface area (Å²) in [4.78, 5) is 2.45. The summed E-state index contributed by atoms with van der Waals surface area (Å²) in [6.45, 7) is 4.73. The molecule has 2 heteroatoms. The van der Waals surface area contributed by atoms with E-state index in [1.807, 2.05) is 0 Å². The zero-order valence-electron chi connectivity index (χ0n) is 40.0. The van der Waals surface area contributed by atoms with Gasteiger partial charge in [-0.15, -0.1) is 0 Å². The van der Waals surface area contributed by atoms with Crippen LogP contribution in [-0.4, -0.2) is 0 Å². The monoisotopic (exact) mass is 917 g/mol. The molecule has 0 saturated carbocycles. The molecule has 0 unspecified atom stereocenters. The van der Waals surface area contributed by atoms with Gasteiger partial charge in [0.2, 0.25) is 0 Å². The highest BCUT2D eigenvalue weighted by atomic mass is 16.3. The normalized spacial score (nSPS) is 13.9. The van der Waals surface area contributed by atoms with Gasteiger partial charge in [-0.25, -0.2) is 0 Å². The summed E-state index contributed by atoms with van der Waals surface area (Å²) in [6, 6.07) is 92.3. The van der Waals surface area contributed by atoms with Crippen molar-refractivity contribution >= 4 is 39.0 Å². The van der Waals surface area contributed by atoms with E-state index in [4.69, 9.17) is 4.42 Å². The van der Waals surface area contributed by atoms with Crippen molar-refractivity contribution in [1.82, 2.24) is 0 Å². The number of para-hydroxylation sites is 2. The van der Waals surface area contributed by atoms with E-state index in [2.05, 4.69) is 267 Å². The molecule has 2 nitrogen and oxygen atoms in total. The van der Waals surface area contributed by atoms with Gasteiger partial charge in [0.1, 0.15) is 11.2 Å². The van der Waals surface area contributed by atoms with Gasteiger partial charge in [-0.05, 0) is 143 Å². The van der Waals surface area contributed by atoms with Crippen LogP contribution in [0.4, 0.5) is 17.1 Å². The number of anilines is 3. The highest BCUT2D eigenvalue weighted by Gasteiger charge is 2.51. The molecule has 0 fully saturated rings. The van der Waals surface area contributed by atoms with Gasteiger partial charge in [-0.2, -0.15) is 0 Å². The van der Waals surface area contributed by atoms with Crippen molar-refractivity contribution < 1.29 is 4.42 Å². The van der Waals surface area contributed by atoms with Gasteiger partial charge in [-0.3, -0.25) is 0 Å². The fourth-order valence-electron chi connectivity index (χ4n) is 13.1. The minimum Gasteiger partial charge on any atom is -0.455 e. The maximum absolute atomic E-state index is 6.82. The van der Waals surface area contributed by atoms with Crippen molar-refractivity contribution in [2.24, 2.45) is 0 Å². The second-order valence-electron chi connectivity index (χ2n) is 20.3. The van der Waals surface area contributed by atoms with E-state index in [0.29, 0.717) is 0 Å². The van der Waals surface area contributed by atoms with E-state index < -0.39 is 5.41 Å². The van der Waals surface area contributed by atoms with E-state index >= 15 is 0 Å². The van der Waals surface area contributed by atoms with Crippen LogP contribution in [0, 0.1) is 0 Å². The lowest BCUT2D eigenvalue weighted by Gasteiger charge is -2.30. The quantitative estimate of drug-likeness (QED) is 0.165. The summed E-state index contributed by atoms with van der Waals surface area (Å²) in [6.07, 6.45) is 0. The molecule has 1 spiro atoms. The number of rotatable bonds is 6. The number of fused-ring (bicyclic) bond motifs is 16. The van der Waals surface area contributed by atoms with Crippen molar-refractivity contribution in [3.05, 3.63) is 282 Å². The molecule has 0 bridgehead atoms. The number of hydrogen-bond acceptors (Lipinski definition) is 2. The lowest BCUT2D eigenvalue weighted by atomic mass is 9.70. The molecule has 0 atom stereocenters. The van der Waals surface area contributed by atoms with E-state index in [1.54, 1.807) is 0 Å². The fraction of sp³-hybridized carbons (Fsp3) is 0.0571. The van der Waals surface area contributed by atoms with Gasteiger partial charge in [0.15, 0.2) is 0 Å². The molecule has 15 rings (SSSR count). The Kier molecular flexibility index (Phi) is 8.66. The van der Waals surface area contributed by atoms with Gasteiger partial charge >= 0.3 is 0 Å². The first-order chi connectivity index (χ1) is 35.5. The Bertz CT molecular complexity index is 4150. The summed E-state index contributed by atoms with van der Waals surface area (Å²) < 4.78 is 6.82. The molecular formula is C70H47NO. The van der Waals surface area contributed by atoms with Crippen LogP contribution in [0.25, 0.3) is 88.7 Å². The Morgan fingerprint density at radius 3 is 1.49 bits per heavy atom. The van der Waals surface area contributed by atoms with Crippen LogP contribution in [0.15, 0.2) is 253 Å². The van der Waals surface area contributed by atoms with Crippen molar-refractivity contribution in [3.63, 3.8) is 0 Å². The van der Waals surface area contributed by atoms with Gasteiger partial charge in [0.05, 0.1) is 5.41 Å². The van der Waals surface area contributed by atoms with Crippen LogP contribution < -0.4 is 4.90 Å². The molecule has 1 aromatic heterocycles. The topological polar surface area (TPSA) is 16.4 Å². The van der Waals surface area contributed by atoms with Crippen molar-refractivity contribution in [2.45, 2.75) is 24.7 Å². The van der Waals surface area contributed by atoms with E-state index in [0.717, 1.165) is 61.3 Å². The molecule has 0 N–H and O–H groups in total. The molecule has 0 radical (unpaired) electrons. The molecule has 12 aromatic rings. The average Bonchev–Trinajstić information content (AvgIpc) is 4.14. The highest BCUT2D eigenvalue weighted by Crippen LogP contribution is 2.63. The van der Waals surface area contributed by atoms with E-state index in [9.17, 15) is 0 Å². The molecule has 1 heterocycles. The third-order valence-electron chi connectivity index (χ3n) is 16.3. The largest absolute Gasteiger partial charge is 0.455 e. The summed E-state index contributed by atoms with van der Waals surface area (Å²) in [5.41, 5.74) is 27.2. The first-order valence-electron chi connectivity index (χ1n) is 25.2.